The first kappa shape index (κ1) is 13.6. The van der Waals surface area contributed by atoms with Gasteiger partial charge < -0.3 is 15.2 Å². The average molecular weight is 270 g/mol. The highest BCUT2D eigenvalue weighted by Crippen LogP contribution is 2.36. The van der Waals surface area contributed by atoms with Crippen molar-refractivity contribution in [2.45, 2.75) is 6.92 Å². The Labute approximate surface area is 116 Å². The standard InChI is InChI=1S/C14H14N4O2/c1-3-20-12-10(5-4-6-11(12)19-2)14-17-8-9(7-15)13(16)18-14/h4-6,8H,3H2,1-2H3,(H2,16,17,18). The summed E-state index contributed by atoms with van der Waals surface area (Å²) in [5.74, 6) is 1.68. The second-order valence-corrected chi connectivity index (χ2v) is 3.87. The highest BCUT2D eigenvalue weighted by molar-refractivity contribution is 5.70. The lowest BCUT2D eigenvalue weighted by Crippen LogP contribution is -2.02. The number of ether oxygens (including phenoxy) is 2. The van der Waals surface area contributed by atoms with Crippen LogP contribution in [-0.2, 0) is 0 Å². The van der Waals surface area contributed by atoms with Gasteiger partial charge in [0.1, 0.15) is 17.5 Å². The van der Waals surface area contributed by atoms with Crippen LogP contribution in [0.2, 0.25) is 0 Å². The Morgan fingerprint density at radius 1 is 1.40 bits per heavy atom. The van der Waals surface area contributed by atoms with Crippen LogP contribution in [0.25, 0.3) is 11.4 Å². The fraction of sp³-hybridized carbons (Fsp3) is 0.214. The quantitative estimate of drug-likeness (QED) is 0.913. The number of hydrogen-bond acceptors (Lipinski definition) is 6. The number of nitrogens with zero attached hydrogens (tertiary/aromatic N) is 3. The molecule has 0 spiro atoms. The minimum atomic E-state index is 0.141. The Morgan fingerprint density at radius 2 is 2.20 bits per heavy atom. The summed E-state index contributed by atoms with van der Waals surface area (Å²) in [6, 6.07) is 7.35. The van der Waals surface area contributed by atoms with Crippen molar-refractivity contribution < 1.29 is 9.47 Å². The van der Waals surface area contributed by atoms with E-state index in [4.69, 9.17) is 20.5 Å². The molecule has 0 aliphatic rings. The number of hydrogen-bond donors (Lipinski definition) is 1. The summed E-state index contributed by atoms with van der Waals surface area (Å²) in [4.78, 5) is 8.29. The summed E-state index contributed by atoms with van der Waals surface area (Å²) in [6.45, 7) is 2.36. The van der Waals surface area contributed by atoms with Gasteiger partial charge in [-0.2, -0.15) is 5.26 Å². The fourth-order valence-corrected chi connectivity index (χ4v) is 1.76. The van der Waals surface area contributed by atoms with Crippen LogP contribution in [0.5, 0.6) is 11.5 Å². The van der Waals surface area contributed by atoms with Crippen molar-refractivity contribution in [2.24, 2.45) is 0 Å². The molecule has 0 aliphatic carbocycles. The van der Waals surface area contributed by atoms with Gasteiger partial charge in [-0.3, -0.25) is 0 Å². The Morgan fingerprint density at radius 3 is 2.80 bits per heavy atom. The van der Waals surface area contributed by atoms with Crippen LogP contribution in [0.15, 0.2) is 24.4 Å². The summed E-state index contributed by atoms with van der Waals surface area (Å²) < 4.78 is 10.9. The van der Waals surface area contributed by atoms with Crippen molar-refractivity contribution >= 4 is 5.82 Å². The van der Waals surface area contributed by atoms with E-state index in [9.17, 15) is 0 Å². The molecule has 2 N–H and O–H groups in total. The molecule has 6 nitrogen and oxygen atoms in total. The van der Waals surface area contributed by atoms with Gasteiger partial charge >= 0.3 is 0 Å². The predicted molar refractivity (Wildman–Crippen MR) is 74.3 cm³/mol. The van der Waals surface area contributed by atoms with Gasteiger partial charge in [0.2, 0.25) is 0 Å². The topological polar surface area (TPSA) is 94.0 Å². The highest BCUT2D eigenvalue weighted by Gasteiger charge is 2.15. The third kappa shape index (κ3) is 2.47. The van der Waals surface area contributed by atoms with Crippen LogP contribution < -0.4 is 15.2 Å². The third-order valence-electron chi connectivity index (χ3n) is 2.67. The molecule has 0 atom stereocenters. The van der Waals surface area contributed by atoms with Crippen LogP contribution in [0, 0.1) is 11.3 Å². The van der Waals surface area contributed by atoms with Crippen molar-refractivity contribution in [3.8, 4) is 29.0 Å². The lowest BCUT2D eigenvalue weighted by atomic mass is 10.1. The maximum atomic E-state index is 8.85. The zero-order chi connectivity index (χ0) is 14.5. The van der Waals surface area contributed by atoms with Gasteiger partial charge in [-0.05, 0) is 19.1 Å². The SMILES string of the molecule is CCOc1c(OC)cccc1-c1ncc(C#N)c(N)n1. The normalized spacial score (nSPS) is 9.85. The lowest BCUT2D eigenvalue weighted by Gasteiger charge is -2.13. The van der Waals surface area contributed by atoms with Crippen LogP contribution in [-0.4, -0.2) is 23.7 Å². The van der Waals surface area contributed by atoms with Crippen LogP contribution in [0.3, 0.4) is 0 Å². The van der Waals surface area contributed by atoms with E-state index in [1.807, 2.05) is 25.1 Å². The summed E-state index contributed by atoms with van der Waals surface area (Å²) in [5, 5.41) is 8.85. The molecule has 0 amide bonds. The first-order valence-electron chi connectivity index (χ1n) is 6.04. The van der Waals surface area contributed by atoms with Crippen LogP contribution in [0.1, 0.15) is 12.5 Å². The molecule has 0 bridgehead atoms. The Kier molecular flexibility index (Phi) is 4.01. The first-order valence-corrected chi connectivity index (χ1v) is 6.04. The summed E-state index contributed by atoms with van der Waals surface area (Å²) >= 11 is 0. The predicted octanol–water partition coefficient (Wildman–Crippen LogP) is 2.00. The highest BCUT2D eigenvalue weighted by atomic mass is 16.5. The zero-order valence-electron chi connectivity index (χ0n) is 11.3. The fourth-order valence-electron chi connectivity index (χ4n) is 1.76. The number of methoxy groups -OCH3 is 1. The molecule has 1 aromatic carbocycles. The van der Waals surface area contributed by atoms with E-state index in [1.54, 1.807) is 13.2 Å². The molecule has 102 valence electrons. The number of nitrogen functional groups attached to an aromatic ring is 1. The molecule has 0 saturated heterocycles. The van der Waals surface area contributed by atoms with Gasteiger partial charge in [0, 0.05) is 0 Å². The number of rotatable bonds is 4. The average Bonchev–Trinajstić information content (AvgIpc) is 2.47. The molecule has 0 fully saturated rings. The molecule has 0 aliphatic heterocycles. The minimum absolute atomic E-state index is 0.141. The van der Waals surface area contributed by atoms with Crippen molar-refractivity contribution in [2.75, 3.05) is 19.5 Å². The molecule has 20 heavy (non-hydrogen) atoms. The zero-order valence-corrected chi connectivity index (χ0v) is 11.3. The number of nitrogens with two attached hydrogens (primary N) is 1. The summed E-state index contributed by atoms with van der Waals surface area (Å²) in [6.07, 6.45) is 1.40. The van der Waals surface area contributed by atoms with Gasteiger partial charge in [0.05, 0.1) is 25.5 Å². The smallest absolute Gasteiger partial charge is 0.172 e. The largest absolute Gasteiger partial charge is 0.493 e. The molecule has 1 heterocycles. The summed E-state index contributed by atoms with van der Waals surface area (Å²) in [7, 11) is 1.57. The van der Waals surface area contributed by atoms with Crippen LogP contribution >= 0.6 is 0 Å². The van der Waals surface area contributed by atoms with Crippen molar-refractivity contribution in [3.63, 3.8) is 0 Å². The Bertz CT molecular complexity index is 665. The van der Waals surface area contributed by atoms with Crippen molar-refractivity contribution in [1.82, 2.24) is 9.97 Å². The van der Waals surface area contributed by atoms with E-state index < -0.39 is 0 Å². The molecular weight excluding hydrogens is 256 g/mol. The van der Waals surface area contributed by atoms with E-state index in [0.717, 1.165) is 0 Å². The second-order valence-electron chi connectivity index (χ2n) is 3.87. The minimum Gasteiger partial charge on any atom is -0.493 e. The molecule has 0 radical (unpaired) electrons. The van der Waals surface area contributed by atoms with E-state index in [0.29, 0.717) is 29.5 Å². The van der Waals surface area contributed by atoms with Gasteiger partial charge in [0.15, 0.2) is 17.3 Å². The summed E-state index contributed by atoms with van der Waals surface area (Å²) in [5.41, 5.74) is 6.63. The van der Waals surface area contributed by atoms with Gasteiger partial charge in [-0.25, -0.2) is 9.97 Å². The Hall–Kier alpha value is -2.81. The van der Waals surface area contributed by atoms with Crippen LogP contribution in [0.4, 0.5) is 5.82 Å². The maximum absolute atomic E-state index is 8.85. The molecule has 6 heteroatoms. The monoisotopic (exact) mass is 270 g/mol. The number of anilines is 1. The molecular formula is C14H14N4O2. The van der Waals surface area contributed by atoms with E-state index in [2.05, 4.69) is 9.97 Å². The number of benzene rings is 1. The molecule has 2 aromatic rings. The Balaban J connectivity index is 2.57. The molecule has 1 aromatic heterocycles. The van der Waals surface area contributed by atoms with Crippen molar-refractivity contribution in [3.05, 3.63) is 30.0 Å². The van der Waals surface area contributed by atoms with Gasteiger partial charge in [-0.15, -0.1) is 0 Å². The number of aromatic nitrogens is 2. The maximum Gasteiger partial charge on any atom is 0.172 e. The lowest BCUT2D eigenvalue weighted by molar-refractivity contribution is 0.312. The van der Waals surface area contributed by atoms with E-state index in [1.165, 1.54) is 6.20 Å². The molecule has 0 unspecified atom stereocenters. The number of para-hydroxylation sites is 1. The van der Waals surface area contributed by atoms with Gasteiger partial charge in [0.25, 0.3) is 0 Å². The molecule has 2 rings (SSSR count). The second kappa shape index (κ2) is 5.89. The van der Waals surface area contributed by atoms with Gasteiger partial charge in [-0.1, -0.05) is 6.07 Å². The number of nitriles is 1. The third-order valence-corrected chi connectivity index (χ3v) is 2.67. The van der Waals surface area contributed by atoms with E-state index >= 15 is 0 Å². The first-order chi connectivity index (χ1) is 9.71. The molecule has 0 saturated carbocycles. The van der Waals surface area contributed by atoms with E-state index in [-0.39, 0.29) is 11.4 Å². The van der Waals surface area contributed by atoms with Crippen molar-refractivity contribution in [1.29, 1.82) is 5.26 Å².